The smallest absolute Gasteiger partial charge is 0.157 e. The lowest BCUT2D eigenvalue weighted by Gasteiger charge is -2.22. The summed E-state index contributed by atoms with van der Waals surface area (Å²) in [6.07, 6.45) is 5.70. The maximum Gasteiger partial charge on any atom is 0.157 e. The number of benzene rings is 1. The van der Waals surface area contributed by atoms with Gasteiger partial charge in [0.25, 0.3) is 0 Å². The molecule has 0 N–H and O–H groups in total. The summed E-state index contributed by atoms with van der Waals surface area (Å²) in [5.74, 6) is 0. The molecule has 0 aliphatic carbocycles. The molecule has 1 fully saturated rings. The minimum Gasteiger partial charge on any atom is -0.353 e. The second-order valence-electron chi connectivity index (χ2n) is 4.76. The monoisotopic (exact) mass is 234 g/mol. The molecule has 1 saturated heterocycles. The van der Waals surface area contributed by atoms with Gasteiger partial charge in [0.05, 0.1) is 6.61 Å². The summed E-state index contributed by atoms with van der Waals surface area (Å²) in [6.45, 7) is 3.80. The van der Waals surface area contributed by atoms with E-state index in [-0.39, 0.29) is 6.29 Å². The largest absolute Gasteiger partial charge is 0.353 e. The summed E-state index contributed by atoms with van der Waals surface area (Å²) in [7, 11) is 0. The van der Waals surface area contributed by atoms with Crippen LogP contribution in [0.3, 0.4) is 0 Å². The molecular formula is C15H22O2. The van der Waals surface area contributed by atoms with E-state index in [1.54, 1.807) is 0 Å². The van der Waals surface area contributed by atoms with Crippen molar-refractivity contribution < 1.29 is 9.47 Å². The second-order valence-corrected chi connectivity index (χ2v) is 4.76. The van der Waals surface area contributed by atoms with Crippen molar-refractivity contribution in [3.05, 3.63) is 35.4 Å². The van der Waals surface area contributed by atoms with Crippen LogP contribution in [-0.2, 0) is 15.9 Å². The van der Waals surface area contributed by atoms with Gasteiger partial charge in [0.15, 0.2) is 6.29 Å². The van der Waals surface area contributed by atoms with Gasteiger partial charge in [-0.1, -0.05) is 29.8 Å². The molecular weight excluding hydrogens is 212 g/mol. The van der Waals surface area contributed by atoms with Crippen LogP contribution in [0.2, 0.25) is 0 Å². The highest BCUT2D eigenvalue weighted by atomic mass is 16.7. The highest BCUT2D eigenvalue weighted by molar-refractivity contribution is 5.22. The van der Waals surface area contributed by atoms with E-state index >= 15 is 0 Å². The predicted molar refractivity (Wildman–Crippen MR) is 69.0 cm³/mol. The minimum atomic E-state index is 0.0567. The number of rotatable bonds is 5. The summed E-state index contributed by atoms with van der Waals surface area (Å²) in [5.41, 5.74) is 2.73. The fraction of sp³-hybridized carbons (Fsp3) is 0.600. The lowest BCUT2D eigenvalue weighted by Crippen LogP contribution is -2.22. The van der Waals surface area contributed by atoms with Gasteiger partial charge < -0.3 is 9.47 Å². The van der Waals surface area contributed by atoms with E-state index in [1.807, 2.05) is 0 Å². The van der Waals surface area contributed by atoms with Crippen LogP contribution in [0.1, 0.15) is 36.8 Å². The Bertz CT molecular complexity index is 329. The van der Waals surface area contributed by atoms with Crippen molar-refractivity contribution in [2.75, 3.05) is 13.2 Å². The molecule has 2 heteroatoms. The van der Waals surface area contributed by atoms with E-state index in [0.717, 1.165) is 32.5 Å². The van der Waals surface area contributed by atoms with E-state index in [1.165, 1.54) is 24.0 Å². The Labute approximate surface area is 104 Å². The zero-order valence-electron chi connectivity index (χ0n) is 10.7. The molecule has 2 nitrogen and oxygen atoms in total. The van der Waals surface area contributed by atoms with E-state index < -0.39 is 0 Å². The van der Waals surface area contributed by atoms with Crippen LogP contribution in [0, 0.1) is 6.92 Å². The zero-order valence-corrected chi connectivity index (χ0v) is 10.7. The average Bonchev–Trinajstić information content (AvgIpc) is 2.36. The van der Waals surface area contributed by atoms with Gasteiger partial charge >= 0.3 is 0 Å². The maximum atomic E-state index is 5.71. The number of ether oxygens (including phenoxy) is 2. The van der Waals surface area contributed by atoms with E-state index in [2.05, 4.69) is 31.2 Å². The number of aryl methyl sites for hydroxylation is 2. The van der Waals surface area contributed by atoms with Crippen molar-refractivity contribution >= 4 is 0 Å². The fourth-order valence-corrected chi connectivity index (χ4v) is 2.20. The quantitative estimate of drug-likeness (QED) is 0.726. The third-order valence-electron chi connectivity index (χ3n) is 3.13. The molecule has 0 aromatic heterocycles. The first-order valence-electron chi connectivity index (χ1n) is 6.63. The Morgan fingerprint density at radius 1 is 1.35 bits per heavy atom. The van der Waals surface area contributed by atoms with E-state index in [9.17, 15) is 0 Å². The summed E-state index contributed by atoms with van der Waals surface area (Å²) < 4.78 is 11.2. The molecule has 0 saturated carbocycles. The topological polar surface area (TPSA) is 18.5 Å². The van der Waals surface area contributed by atoms with Crippen LogP contribution < -0.4 is 0 Å². The molecule has 1 aliphatic rings. The summed E-state index contributed by atoms with van der Waals surface area (Å²) in [6, 6.07) is 8.69. The van der Waals surface area contributed by atoms with Gasteiger partial charge in [-0.25, -0.2) is 0 Å². The second kappa shape index (κ2) is 6.77. The van der Waals surface area contributed by atoms with Gasteiger partial charge in [-0.05, 0) is 44.6 Å². The molecule has 0 spiro atoms. The van der Waals surface area contributed by atoms with Crippen molar-refractivity contribution in [2.45, 2.75) is 45.3 Å². The van der Waals surface area contributed by atoms with Crippen molar-refractivity contribution in [3.63, 3.8) is 0 Å². The molecule has 1 aromatic carbocycles. The molecule has 94 valence electrons. The molecule has 1 heterocycles. The van der Waals surface area contributed by atoms with Crippen LogP contribution in [0.25, 0.3) is 0 Å². The Morgan fingerprint density at radius 2 is 2.29 bits per heavy atom. The third-order valence-corrected chi connectivity index (χ3v) is 3.13. The maximum absolute atomic E-state index is 5.71. The van der Waals surface area contributed by atoms with Gasteiger partial charge in [0, 0.05) is 6.61 Å². The van der Waals surface area contributed by atoms with Gasteiger partial charge in [0.2, 0.25) is 0 Å². The lowest BCUT2D eigenvalue weighted by atomic mass is 10.1. The highest BCUT2D eigenvalue weighted by Crippen LogP contribution is 2.14. The summed E-state index contributed by atoms with van der Waals surface area (Å²) >= 11 is 0. The SMILES string of the molecule is Cc1cccc(CCCOC2CCCCO2)c1. The minimum absolute atomic E-state index is 0.0567. The Kier molecular flexibility index (Phi) is 5.02. The predicted octanol–water partition coefficient (Wildman–Crippen LogP) is 3.47. The van der Waals surface area contributed by atoms with Crippen molar-refractivity contribution in [3.8, 4) is 0 Å². The van der Waals surface area contributed by atoms with Gasteiger partial charge in [-0.3, -0.25) is 0 Å². The van der Waals surface area contributed by atoms with Crippen LogP contribution in [0.4, 0.5) is 0 Å². The summed E-state index contributed by atoms with van der Waals surface area (Å²) in [5, 5.41) is 0. The van der Waals surface area contributed by atoms with Crippen LogP contribution in [0.15, 0.2) is 24.3 Å². The molecule has 1 atom stereocenters. The van der Waals surface area contributed by atoms with Gasteiger partial charge in [-0.2, -0.15) is 0 Å². The molecule has 17 heavy (non-hydrogen) atoms. The van der Waals surface area contributed by atoms with Crippen molar-refractivity contribution in [1.82, 2.24) is 0 Å². The molecule has 2 rings (SSSR count). The van der Waals surface area contributed by atoms with Crippen molar-refractivity contribution in [2.24, 2.45) is 0 Å². The van der Waals surface area contributed by atoms with Crippen LogP contribution in [-0.4, -0.2) is 19.5 Å². The molecule has 1 unspecified atom stereocenters. The normalized spacial score (nSPS) is 20.4. The van der Waals surface area contributed by atoms with Crippen molar-refractivity contribution in [1.29, 1.82) is 0 Å². The molecule has 0 bridgehead atoms. The first kappa shape index (κ1) is 12.6. The van der Waals surface area contributed by atoms with Crippen LogP contribution in [0.5, 0.6) is 0 Å². The Morgan fingerprint density at radius 3 is 3.06 bits per heavy atom. The molecule has 0 amide bonds. The Balaban J connectivity index is 1.62. The number of hydrogen-bond acceptors (Lipinski definition) is 2. The number of hydrogen-bond donors (Lipinski definition) is 0. The van der Waals surface area contributed by atoms with E-state index in [0.29, 0.717) is 0 Å². The van der Waals surface area contributed by atoms with Gasteiger partial charge in [0.1, 0.15) is 0 Å². The highest BCUT2D eigenvalue weighted by Gasteiger charge is 2.13. The van der Waals surface area contributed by atoms with Crippen LogP contribution >= 0.6 is 0 Å². The molecule has 0 radical (unpaired) electrons. The fourth-order valence-electron chi connectivity index (χ4n) is 2.20. The first-order chi connectivity index (χ1) is 8.34. The molecule has 1 aromatic rings. The first-order valence-corrected chi connectivity index (χ1v) is 6.63. The third kappa shape index (κ3) is 4.49. The standard InChI is InChI=1S/C15H22O2/c1-13-6-4-7-14(12-13)8-5-11-17-15-9-2-3-10-16-15/h4,6-7,12,15H,2-3,5,8-11H2,1H3. The lowest BCUT2D eigenvalue weighted by molar-refractivity contribution is -0.162. The molecule has 1 aliphatic heterocycles. The zero-order chi connectivity index (χ0) is 11.9. The summed E-state index contributed by atoms with van der Waals surface area (Å²) in [4.78, 5) is 0. The average molecular weight is 234 g/mol. The van der Waals surface area contributed by atoms with Gasteiger partial charge in [-0.15, -0.1) is 0 Å². The Hall–Kier alpha value is -0.860. The van der Waals surface area contributed by atoms with E-state index in [4.69, 9.17) is 9.47 Å².